The lowest BCUT2D eigenvalue weighted by Crippen LogP contribution is -2.50. The van der Waals surface area contributed by atoms with Crippen molar-refractivity contribution >= 4 is 47.6 Å². The van der Waals surface area contributed by atoms with E-state index in [0.717, 1.165) is 0 Å². The van der Waals surface area contributed by atoms with E-state index in [1.807, 2.05) is 9.80 Å². The van der Waals surface area contributed by atoms with Gasteiger partial charge in [0.05, 0.1) is 78.8 Å². The van der Waals surface area contributed by atoms with Crippen LogP contribution >= 0.6 is 0 Å². The molecule has 8 N–H and O–H groups in total. The summed E-state index contributed by atoms with van der Waals surface area (Å²) in [6.45, 7) is 4.03. The molecule has 64 heavy (non-hydrogen) atoms. The Hall–Kier alpha value is -4.64. The highest BCUT2D eigenvalue weighted by Crippen LogP contribution is 2.04. The van der Waals surface area contributed by atoms with Crippen molar-refractivity contribution in [2.24, 2.45) is 0 Å². The maximum absolute atomic E-state index is 12.9. The Morgan fingerprint density at radius 2 is 0.469 bits per heavy atom. The summed E-state index contributed by atoms with van der Waals surface area (Å²) in [7, 11) is 0. The molecule has 366 valence electrons. The summed E-state index contributed by atoms with van der Waals surface area (Å²) < 4.78 is 11.1. The zero-order valence-electron chi connectivity index (χ0n) is 36.6. The lowest BCUT2D eigenvalue weighted by Gasteiger charge is -2.32. The third-order valence-electron chi connectivity index (χ3n) is 10.3. The topological polar surface area (TPSA) is 326 Å². The van der Waals surface area contributed by atoms with E-state index in [-0.39, 0.29) is 182 Å². The molecule has 0 saturated carbocycles. The lowest BCUT2D eigenvalue weighted by molar-refractivity contribution is -0.140. The van der Waals surface area contributed by atoms with Crippen LogP contribution in [-0.4, -0.2) is 314 Å². The summed E-state index contributed by atoms with van der Waals surface area (Å²) in [5.41, 5.74) is 0. The molecule has 0 radical (unpaired) electrons. The summed E-state index contributed by atoms with van der Waals surface area (Å²) in [6.07, 6.45) is 0. The monoisotopic (exact) mass is 920 g/mol. The third kappa shape index (κ3) is 28.2. The fourth-order valence-electron chi connectivity index (χ4n) is 6.94. The SMILES string of the molecule is O=C(O)CN1CCN(CC(=O)O)CCN(CC(=O)NCCOCCOCCNC(=O)CN2CCN(CC(=O)O)CCN(CC(=O)O)CCN(CC(=O)O)CC2)CCN(CC(=O)O)CC1. The van der Waals surface area contributed by atoms with Gasteiger partial charge in [0.2, 0.25) is 11.8 Å². The number of hydrogen-bond donors (Lipinski definition) is 8. The van der Waals surface area contributed by atoms with Crippen molar-refractivity contribution in [1.29, 1.82) is 0 Å². The van der Waals surface area contributed by atoms with E-state index in [0.29, 0.717) is 26.2 Å². The molecule has 26 nitrogen and oxygen atoms in total. The van der Waals surface area contributed by atoms with Gasteiger partial charge in [-0.25, -0.2) is 0 Å². The molecule has 0 aromatic rings. The van der Waals surface area contributed by atoms with Crippen molar-refractivity contribution in [2.75, 3.05) is 197 Å². The van der Waals surface area contributed by atoms with E-state index in [4.69, 9.17) is 9.47 Å². The van der Waals surface area contributed by atoms with Crippen LogP contribution < -0.4 is 10.6 Å². The molecule has 2 saturated heterocycles. The number of carboxylic acids is 6. The summed E-state index contributed by atoms with van der Waals surface area (Å²) in [6, 6.07) is 0. The number of hydrogen-bond acceptors (Lipinski definition) is 18. The van der Waals surface area contributed by atoms with E-state index >= 15 is 0 Å². The van der Waals surface area contributed by atoms with Crippen molar-refractivity contribution in [2.45, 2.75) is 0 Å². The highest BCUT2D eigenvalue weighted by Gasteiger charge is 2.23. The predicted octanol–water partition coefficient (Wildman–Crippen LogP) is -5.80. The van der Waals surface area contributed by atoms with Crippen LogP contribution in [0.5, 0.6) is 0 Å². The summed E-state index contributed by atoms with van der Waals surface area (Å²) >= 11 is 0. The van der Waals surface area contributed by atoms with Crippen molar-refractivity contribution in [3.8, 4) is 0 Å². The smallest absolute Gasteiger partial charge is 0.317 e. The van der Waals surface area contributed by atoms with Crippen LogP contribution in [0, 0.1) is 0 Å². The van der Waals surface area contributed by atoms with Gasteiger partial charge in [-0.1, -0.05) is 0 Å². The fraction of sp³-hybridized carbons (Fsp3) is 0.789. The number of ether oxygens (including phenoxy) is 2. The average Bonchev–Trinajstić information content (AvgIpc) is 3.19. The van der Waals surface area contributed by atoms with E-state index in [1.54, 1.807) is 29.4 Å². The zero-order valence-corrected chi connectivity index (χ0v) is 36.6. The van der Waals surface area contributed by atoms with Gasteiger partial charge >= 0.3 is 35.8 Å². The van der Waals surface area contributed by atoms with Crippen molar-refractivity contribution in [1.82, 2.24) is 49.8 Å². The first-order valence-electron chi connectivity index (χ1n) is 21.3. The highest BCUT2D eigenvalue weighted by atomic mass is 16.5. The Kier molecular flexibility index (Phi) is 27.8. The molecule has 2 rings (SSSR count). The Bertz CT molecular complexity index is 1310. The maximum atomic E-state index is 12.9. The van der Waals surface area contributed by atoms with E-state index in [2.05, 4.69) is 10.6 Å². The summed E-state index contributed by atoms with van der Waals surface area (Å²) in [5.74, 6) is -6.88. The predicted molar refractivity (Wildman–Crippen MR) is 225 cm³/mol. The van der Waals surface area contributed by atoms with E-state index < -0.39 is 35.8 Å². The van der Waals surface area contributed by atoms with Crippen molar-refractivity contribution < 1.29 is 78.5 Å². The number of carbonyl (C=O) groups excluding carboxylic acids is 2. The molecule has 0 aromatic heterocycles. The van der Waals surface area contributed by atoms with Gasteiger partial charge in [-0.2, -0.15) is 0 Å². The van der Waals surface area contributed by atoms with Crippen LogP contribution in [0.1, 0.15) is 0 Å². The molecule has 0 aromatic carbocycles. The number of aliphatic carboxylic acids is 6. The first kappa shape index (κ1) is 55.5. The molecule has 2 aliphatic heterocycles. The zero-order chi connectivity index (χ0) is 47.3. The number of amides is 2. The molecule has 0 atom stereocenters. The van der Waals surface area contributed by atoms with Crippen LogP contribution in [0.2, 0.25) is 0 Å². The van der Waals surface area contributed by atoms with Gasteiger partial charge in [0.1, 0.15) is 0 Å². The first-order valence-corrected chi connectivity index (χ1v) is 21.3. The van der Waals surface area contributed by atoms with Gasteiger partial charge < -0.3 is 50.7 Å². The molecule has 0 spiro atoms. The molecule has 2 amide bonds. The molecule has 0 bridgehead atoms. The molecule has 0 aliphatic carbocycles. The highest BCUT2D eigenvalue weighted by molar-refractivity contribution is 5.78. The molecular weight excluding hydrogens is 852 g/mol. The Balaban J connectivity index is 1.76. The molecule has 2 aliphatic rings. The summed E-state index contributed by atoms with van der Waals surface area (Å²) in [5, 5.41) is 61.9. The number of carboxylic acid groups (broad SMARTS) is 6. The minimum Gasteiger partial charge on any atom is -0.480 e. The quantitative estimate of drug-likeness (QED) is 0.0396. The molecule has 26 heteroatoms. The van der Waals surface area contributed by atoms with Crippen molar-refractivity contribution in [3.05, 3.63) is 0 Å². The van der Waals surface area contributed by atoms with Gasteiger partial charge in [-0.05, 0) is 0 Å². The van der Waals surface area contributed by atoms with Crippen molar-refractivity contribution in [3.63, 3.8) is 0 Å². The van der Waals surface area contributed by atoms with Gasteiger partial charge in [0.15, 0.2) is 0 Å². The number of carbonyl (C=O) groups is 8. The van der Waals surface area contributed by atoms with Crippen LogP contribution in [0.3, 0.4) is 0 Å². The Morgan fingerprint density at radius 1 is 0.297 bits per heavy atom. The standard InChI is InChI=1S/C38H68N10O16/c49-31(23-41-3-7-43(25-33(51)52)11-15-47(29-37(59)60)16-12-44(8-4-41)26-34(53)54)39-1-19-63-21-22-64-20-2-40-32(50)24-42-5-9-45(27-35(55)56)13-17-48(30-38(61)62)18-14-46(10-6-42)28-36(57)58/h1-30H2,(H,39,49)(H,40,50)(H,51,52)(H,53,54)(H,55,56)(H,57,58)(H,59,60)(H,61,62). The third-order valence-corrected chi connectivity index (χ3v) is 10.3. The second-order valence-corrected chi connectivity index (χ2v) is 15.5. The second-order valence-electron chi connectivity index (χ2n) is 15.5. The van der Waals surface area contributed by atoms with Gasteiger partial charge in [-0.15, -0.1) is 0 Å². The van der Waals surface area contributed by atoms with E-state index in [9.17, 15) is 69.0 Å². The molecule has 2 fully saturated rings. The molecular formula is C38H68N10O16. The van der Waals surface area contributed by atoms with Gasteiger partial charge in [0, 0.05) is 118 Å². The largest absolute Gasteiger partial charge is 0.480 e. The average molecular weight is 921 g/mol. The van der Waals surface area contributed by atoms with E-state index in [1.165, 1.54) is 0 Å². The van der Waals surface area contributed by atoms with Crippen LogP contribution in [0.25, 0.3) is 0 Å². The second kappa shape index (κ2) is 32.1. The summed E-state index contributed by atoms with van der Waals surface area (Å²) in [4.78, 5) is 108. The Morgan fingerprint density at radius 3 is 0.641 bits per heavy atom. The van der Waals surface area contributed by atoms with Gasteiger partial charge in [-0.3, -0.25) is 77.6 Å². The number of nitrogens with one attached hydrogen (secondary N) is 2. The minimum atomic E-state index is -1.05. The minimum absolute atomic E-state index is 0.0269. The first-order chi connectivity index (χ1) is 30.5. The van der Waals surface area contributed by atoms with Crippen LogP contribution in [0.15, 0.2) is 0 Å². The number of nitrogens with zero attached hydrogens (tertiary/aromatic N) is 8. The molecule has 0 unspecified atom stereocenters. The normalized spacial score (nSPS) is 18.7. The maximum Gasteiger partial charge on any atom is 0.317 e. The lowest BCUT2D eigenvalue weighted by atomic mass is 10.3. The van der Waals surface area contributed by atoms with Gasteiger partial charge in [0.25, 0.3) is 0 Å². The fourth-order valence-corrected chi connectivity index (χ4v) is 6.94. The van der Waals surface area contributed by atoms with Crippen LogP contribution in [-0.2, 0) is 47.8 Å². The Labute approximate surface area is 372 Å². The number of rotatable bonds is 25. The van der Waals surface area contributed by atoms with Crippen LogP contribution in [0.4, 0.5) is 0 Å². The molecule has 2 heterocycles.